The minimum Gasteiger partial charge on any atom is -0.496 e. The normalized spacial score (nSPS) is 11.2. The SMILES string of the molecule is COc1ccc(NS(=O)(=O)c2ccc(F)c(N)c2)cc1Br. The van der Waals surface area contributed by atoms with Crippen molar-refractivity contribution in [1.82, 2.24) is 0 Å². The minimum absolute atomic E-state index is 0.117. The van der Waals surface area contributed by atoms with E-state index in [1.165, 1.54) is 7.11 Å². The lowest BCUT2D eigenvalue weighted by Gasteiger charge is -2.10. The molecule has 112 valence electrons. The average molecular weight is 375 g/mol. The van der Waals surface area contributed by atoms with Crippen molar-refractivity contribution in [2.75, 3.05) is 17.6 Å². The highest BCUT2D eigenvalue weighted by Gasteiger charge is 2.16. The van der Waals surface area contributed by atoms with Crippen LogP contribution in [0, 0.1) is 5.82 Å². The van der Waals surface area contributed by atoms with E-state index < -0.39 is 15.8 Å². The van der Waals surface area contributed by atoms with Gasteiger partial charge >= 0.3 is 0 Å². The van der Waals surface area contributed by atoms with Gasteiger partial charge in [-0.05, 0) is 52.3 Å². The first-order valence-corrected chi connectivity index (χ1v) is 8.02. The van der Waals surface area contributed by atoms with Crippen LogP contribution in [-0.4, -0.2) is 15.5 Å². The number of benzene rings is 2. The van der Waals surface area contributed by atoms with Crippen molar-refractivity contribution < 1.29 is 17.5 Å². The summed E-state index contributed by atoms with van der Waals surface area (Å²) in [6.07, 6.45) is 0. The van der Waals surface area contributed by atoms with E-state index in [0.717, 1.165) is 18.2 Å². The van der Waals surface area contributed by atoms with Crippen LogP contribution < -0.4 is 15.2 Å². The van der Waals surface area contributed by atoms with Gasteiger partial charge in [0.25, 0.3) is 10.0 Å². The second-order valence-electron chi connectivity index (χ2n) is 4.14. The van der Waals surface area contributed by atoms with Gasteiger partial charge in [0.15, 0.2) is 0 Å². The third kappa shape index (κ3) is 3.45. The van der Waals surface area contributed by atoms with Gasteiger partial charge in [0.05, 0.1) is 27.9 Å². The molecule has 0 heterocycles. The number of hydrogen-bond acceptors (Lipinski definition) is 4. The number of sulfonamides is 1. The van der Waals surface area contributed by atoms with Gasteiger partial charge in [0.2, 0.25) is 0 Å². The lowest BCUT2D eigenvalue weighted by atomic mass is 10.3. The van der Waals surface area contributed by atoms with E-state index >= 15 is 0 Å². The first-order valence-electron chi connectivity index (χ1n) is 5.75. The highest BCUT2D eigenvalue weighted by molar-refractivity contribution is 9.10. The van der Waals surface area contributed by atoms with E-state index in [0.29, 0.717) is 15.9 Å². The van der Waals surface area contributed by atoms with Gasteiger partial charge in [0.1, 0.15) is 11.6 Å². The largest absolute Gasteiger partial charge is 0.496 e. The highest BCUT2D eigenvalue weighted by Crippen LogP contribution is 2.29. The number of methoxy groups -OCH3 is 1. The first-order chi connectivity index (χ1) is 9.83. The summed E-state index contributed by atoms with van der Waals surface area (Å²) in [4.78, 5) is -0.117. The second-order valence-corrected chi connectivity index (χ2v) is 6.67. The number of nitrogens with one attached hydrogen (secondary N) is 1. The lowest BCUT2D eigenvalue weighted by Crippen LogP contribution is -2.13. The third-order valence-electron chi connectivity index (χ3n) is 2.68. The van der Waals surface area contributed by atoms with Gasteiger partial charge in [-0.25, -0.2) is 12.8 Å². The van der Waals surface area contributed by atoms with Crippen molar-refractivity contribution in [2.24, 2.45) is 0 Å². The van der Waals surface area contributed by atoms with E-state index in [1.807, 2.05) is 0 Å². The molecule has 0 radical (unpaired) electrons. The van der Waals surface area contributed by atoms with Crippen molar-refractivity contribution in [3.05, 3.63) is 46.7 Å². The molecule has 0 amide bonds. The Morgan fingerprint density at radius 2 is 1.95 bits per heavy atom. The summed E-state index contributed by atoms with van der Waals surface area (Å²) in [5.41, 5.74) is 5.49. The molecule has 0 saturated heterocycles. The minimum atomic E-state index is -3.85. The summed E-state index contributed by atoms with van der Waals surface area (Å²) in [5, 5.41) is 0. The molecule has 3 N–H and O–H groups in total. The molecule has 2 aromatic carbocycles. The molecule has 0 atom stereocenters. The predicted molar refractivity (Wildman–Crippen MR) is 82.3 cm³/mol. The Kier molecular flexibility index (Phi) is 4.38. The molecule has 0 aliphatic carbocycles. The van der Waals surface area contributed by atoms with Crippen LogP contribution in [0.3, 0.4) is 0 Å². The smallest absolute Gasteiger partial charge is 0.261 e. The number of nitrogen functional groups attached to an aromatic ring is 1. The number of hydrogen-bond donors (Lipinski definition) is 2. The molecule has 0 unspecified atom stereocenters. The lowest BCUT2D eigenvalue weighted by molar-refractivity contribution is 0.412. The molecule has 2 aromatic rings. The van der Waals surface area contributed by atoms with Crippen LogP contribution in [-0.2, 0) is 10.0 Å². The summed E-state index contributed by atoms with van der Waals surface area (Å²) in [7, 11) is -2.34. The van der Waals surface area contributed by atoms with Crippen LogP contribution in [0.15, 0.2) is 45.8 Å². The molecule has 0 aliphatic rings. The molecule has 0 aromatic heterocycles. The van der Waals surface area contributed by atoms with Crippen LogP contribution in [0.4, 0.5) is 15.8 Å². The zero-order valence-corrected chi connectivity index (χ0v) is 13.3. The Morgan fingerprint density at radius 3 is 2.52 bits per heavy atom. The molecule has 21 heavy (non-hydrogen) atoms. The van der Waals surface area contributed by atoms with Crippen LogP contribution >= 0.6 is 15.9 Å². The van der Waals surface area contributed by atoms with Crippen LogP contribution in [0.5, 0.6) is 5.75 Å². The average Bonchev–Trinajstić information content (AvgIpc) is 2.41. The Labute approximate surface area is 130 Å². The summed E-state index contributed by atoms with van der Waals surface area (Å²) in [6.45, 7) is 0. The fourth-order valence-electron chi connectivity index (χ4n) is 1.63. The molecular formula is C13H12BrFN2O3S. The van der Waals surface area contributed by atoms with Crippen LogP contribution in [0.25, 0.3) is 0 Å². The van der Waals surface area contributed by atoms with Crippen molar-refractivity contribution in [3.8, 4) is 5.75 Å². The summed E-state index contributed by atoms with van der Waals surface area (Å²) in [6, 6.07) is 7.94. The standard InChI is InChI=1S/C13H12BrFN2O3S/c1-20-13-5-2-8(6-10(13)14)17-21(18,19)9-3-4-11(15)12(16)7-9/h2-7,17H,16H2,1H3. The zero-order valence-electron chi connectivity index (χ0n) is 10.9. The predicted octanol–water partition coefficient (Wildman–Crippen LogP) is 2.98. The van der Waals surface area contributed by atoms with Gasteiger partial charge < -0.3 is 10.5 Å². The van der Waals surface area contributed by atoms with Crippen molar-refractivity contribution in [2.45, 2.75) is 4.90 Å². The van der Waals surface area contributed by atoms with Crippen molar-refractivity contribution in [1.29, 1.82) is 0 Å². The maximum Gasteiger partial charge on any atom is 0.261 e. The van der Waals surface area contributed by atoms with Crippen LogP contribution in [0.2, 0.25) is 0 Å². The number of anilines is 2. The second kappa shape index (κ2) is 5.90. The molecule has 2 rings (SSSR count). The highest BCUT2D eigenvalue weighted by atomic mass is 79.9. The maximum atomic E-state index is 13.1. The monoisotopic (exact) mass is 374 g/mol. The van der Waals surface area contributed by atoms with Gasteiger partial charge in [-0.1, -0.05) is 0 Å². The topological polar surface area (TPSA) is 81.4 Å². The van der Waals surface area contributed by atoms with Gasteiger partial charge in [0, 0.05) is 0 Å². The molecule has 0 aliphatic heterocycles. The Bertz CT molecular complexity index is 781. The molecule has 0 saturated carbocycles. The molecule has 0 bridgehead atoms. The fourth-order valence-corrected chi connectivity index (χ4v) is 3.26. The molecular weight excluding hydrogens is 363 g/mol. The number of halogens is 2. The van der Waals surface area contributed by atoms with Crippen molar-refractivity contribution in [3.63, 3.8) is 0 Å². The van der Waals surface area contributed by atoms with Crippen LogP contribution in [0.1, 0.15) is 0 Å². The van der Waals surface area contributed by atoms with E-state index in [9.17, 15) is 12.8 Å². The number of rotatable bonds is 4. The Morgan fingerprint density at radius 1 is 1.24 bits per heavy atom. The van der Waals surface area contributed by atoms with E-state index in [-0.39, 0.29) is 10.6 Å². The number of ether oxygens (including phenoxy) is 1. The van der Waals surface area contributed by atoms with E-state index in [1.54, 1.807) is 18.2 Å². The van der Waals surface area contributed by atoms with E-state index in [2.05, 4.69) is 20.7 Å². The summed E-state index contributed by atoms with van der Waals surface area (Å²) >= 11 is 3.26. The maximum absolute atomic E-state index is 13.1. The summed E-state index contributed by atoms with van der Waals surface area (Å²) < 4.78 is 45.5. The quantitative estimate of drug-likeness (QED) is 0.806. The molecule has 0 fully saturated rings. The molecule has 0 spiro atoms. The Balaban J connectivity index is 2.32. The van der Waals surface area contributed by atoms with Gasteiger partial charge in [-0.2, -0.15) is 0 Å². The van der Waals surface area contributed by atoms with Gasteiger partial charge in [-0.3, -0.25) is 4.72 Å². The van der Waals surface area contributed by atoms with Gasteiger partial charge in [-0.15, -0.1) is 0 Å². The first kappa shape index (κ1) is 15.6. The Hall–Kier alpha value is -1.80. The molecule has 5 nitrogen and oxygen atoms in total. The molecule has 8 heteroatoms. The number of nitrogens with two attached hydrogens (primary N) is 1. The van der Waals surface area contributed by atoms with E-state index in [4.69, 9.17) is 10.5 Å². The zero-order chi connectivity index (χ0) is 15.6. The third-order valence-corrected chi connectivity index (χ3v) is 4.68. The summed E-state index contributed by atoms with van der Waals surface area (Å²) in [5.74, 6) is -0.0925. The fraction of sp³-hybridized carbons (Fsp3) is 0.0769. The van der Waals surface area contributed by atoms with Crippen molar-refractivity contribution >= 4 is 37.3 Å².